The second-order valence-corrected chi connectivity index (χ2v) is 10.0. The van der Waals surface area contributed by atoms with Crippen molar-refractivity contribution in [3.05, 3.63) is 89.6 Å². The van der Waals surface area contributed by atoms with Gasteiger partial charge in [-0.3, -0.25) is 4.79 Å². The Balaban J connectivity index is 1.49. The number of rotatable bonds is 10. The third-order valence-corrected chi connectivity index (χ3v) is 7.42. The Morgan fingerprint density at radius 3 is 2.43 bits per heavy atom. The number of sulfonamides is 1. The van der Waals surface area contributed by atoms with Gasteiger partial charge in [-0.1, -0.05) is 48.5 Å². The predicted molar refractivity (Wildman–Crippen MR) is 131 cm³/mol. The Labute approximate surface area is 203 Å². The van der Waals surface area contributed by atoms with Crippen molar-refractivity contribution >= 4 is 26.8 Å². The molecule has 9 heteroatoms. The molecular formula is C26H26N2O6S. The van der Waals surface area contributed by atoms with Gasteiger partial charge in [-0.05, 0) is 36.1 Å². The van der Waals surface area contributed by atoms with Gasteiger partial charge in [0.05, 0.1) is 17.2 Å². The zero-order chi connectivity index (χ0) is 25.0. The zero-order valence-electron chi connectivity index (χ0n) is 19.5. The van der Waals surface area contributed by atoms with Gasteiger partial charge in [0.25, 0.3) is 0 Å². The van der Waals surface area contributed by atoms with E-state index in [1.807, 2.05) is 25.1 Å². The molecule has 0 saturated heterocycles. The number of hydrogen-bond acceptors (Lipinski definition) is 6. The zero-order valence-corrected chi connectivity index (χ0v) is 20.3. The summed E-state index contributed by atoms with van der Waals surface area (Å²) in [4.78, 5) is 15.9. The molecule has 0 atom stereocenters. The molecule has 0 fully saturated rings. The first kappa shape index (κ1) is 24.4. The highest BCUT2D eigenvalue weighted by Crippen LogP contribution is 2.27. The van der Waals surface area contributed by atoms with Crippen LogP contribution >= 0.6 is 0 Å². The summed E-state index contributed by atoms with van der Waals surface area (Å²) in [5.41, 5.74) is 1.49. The third-order valence-electron chi connectivity index (χ3n) is 5.57. The number of benzene rings is 3. The van der Waals surface area contributed by atoms with Crippen LogP contribution in [0.5, 0.6) is 5.75 Å². The normalized spacial score (nSPS) is 11.7. The molecule has 0 aliphatic rings. The second-order valence-electron chi connectivity index (χ2n) is 8.12. The monoisotopic (exact) mass is 494 g/mol. The van der Waals surface area contributed by atoms with Gasteiger partial charge in [0.15, 0.2) is 5.89 Å². The van der Waals surface area contributed by atoms with Crippen molar-refractivity contribution in [2.24, 2.45) is 0 Å². The number of fused-ring (bicyclic) bond motifs is 1. The molecule has 1 heterocycles. The molecule has 0 unspecified atom stereocenters. The maximum Gasteiger partial charge on any atom is 0.318 e. The van der Waals surface area contributed by atoms with Gasteiger partial charge in [0.1, 0.15) is 18.1 Å². The minimum atomic E-state index is -4.07. The van der Waals surface area contributed by atoms with E-state index in [0.29, 0.717) is 35.6 Å². The quantitative estimate of drug-likeness (QED) is 0.349. The van der Waals surface area contributed by atoms with Crippen LogP contribution in [0.1, 0.15) is 22.9 Å². The van der Waals surface area contributed by atoms with Crippen molar-refractivity contribution < 1.29 is 27.5 Å². The van der Waals surface area contributed by atoms with E-state index in [4.69, 9.17) is 9.15 Å². The van der Waals surface area contributed by atoms with Crippen LogP contribution in [0, 0.1) is 13.8 Å². The number of oxazole rings is 1. The van der Waals surface area contributed by atoms with Gasteiger partial charge in [-0.2, -0.15) is 4.31 Å². The lowest BCUT2D eigenvalue weighted by Gasteiger charge is -2.21. The summed E-state index contributed by atoms with van der Waals surface area (Å²) in [6.07, 6.45) is 0.598. The molecule has 0 aliphatic heterocycles. The molecule has 182 valence electrons. The lowest BCUT2D eigenvalue weighted by atomic mass is 10.1. The number of aliphatic carboxylic acids is 1. The van der Waals surface area contributed by atoms with Crippen molar-refractivity contribution in [2.45, 2.75) is 31.7 Å². The first-order valence-corrected chi connectivity index (χ1v) is 12.5. The van der Waals surface area contributed by atoms with Crippen molar-refractivity contribution in [3.8, 4) is 5.75 Å². The van der Waals surface area contributed by atoms with Crippen LogP contribution in [-0.2, 0) is 27.8 Å². The largest absolute Gasteiger partial charge is 0.493 e. The lowest BCUT2D eigenvalue weighted by molar-refractivity contribution is -0.137. The molecule has 0 aliphatic carbocycles. The first-order valence-electron chi connectivity index (χ1n) is 11.1. The van der Waals surface area contributed by atoms with E-state index in [1.54, 1.807) is 49.4 Å². The number of hydrogen-bond donors (Lipinski definition) is 1. The summed E-state index contributed by atoms with van der Waals surface area (Å²) in [5, 5.41) is 10.7. The standard InChI is InChI=1S/C26H26N2O6S/c1-18-24(27-19(2)34-18)14-15-33-22-12-10-20(11-13-22)16-28(17-26(29)30)35(31,32)25-9-5-7-21-6-3-4-8-23(21)25/h3-13H,14-17H2,1-2H3,(H,29,30). The SMILES string of the molecule is Cc1nc(CCOc2ccc(CN(CC(=O)O)S(=O)(=O)c3cccc4ccccc34)cc2)c(C)o1. The van der Waals surface area contributed by atoms with E-state index < -0.39 is 22.5 Å². The summed E-state index contributed by atoms with van der Waals surface area (Å²) in [7, 11) is -4.07. The highest BCUT2D eigenvalue weighted by molar-refractivity contribution is 7.89. The lowest BCUT2D eigenvalue weighted by Crippen LogP contribution is -2.35. The molecule has 4 rings (SSSR count). The van der Waals surface area contributed by atoms with Crippen LogP contribution in [0.3, 0.4) is 0 Å². The fourth-order valence-corrected chi connectivity index (χ4v) is 5.49. The molecule has 0 bridgehead atoms. The van der Waals surface area contributed by atoms with Crippen molar-refractivity contribution in [3.63, 3.8) is 0 Å². The summed E-state index contributed by atoms with van der Waals surface area (Å²) >= 11 is 0. The minimum absolute atomic E-state index is 0.0789. The number of carbonyl (C=O) groups is 1. The Bertz CT molecular complexity index is 1440. The van der Waals surface area contributed by atoms with E-state index in [0.717, 1.165) is 21.1 Å². The van der Waals surface area contributed by atoms with Crippen molar-refractivity contribution in [2.75, 3.05) is 13.2 Å². The fourth-order valence-electron chi connectivity index (χ4n) is 3.90. The van der Waals surface area contributed by atoms with Crippen molar-refractivity contribution in [1.82, 2.24) is 9.29 Å². The molecule has 0 saturated carbocycles. The average molecular weight is 495 g/mol. The van der Waals surface area contributed by atoms with Crippen LogP contribution < -0.4 is 4.74 Å². The molecule has 0 spiro atoms. The van der Waals surface area contributed by atoms with Gasteiger partial charge < -0.3 is 14.3 Å². The number of carboxylic acids is 1. The molecule has 8 nitrogen and oxygen atoms in total. The molecular weight excluding hydrogens is 468 g/mol. The molecule has 0 radical (unpaired) electrons. The molecule has 0 amide bonds. The van der Waals surface area contributed by atoms with Gasteiger partial charge in [-0.25, -0.2) is 13.4 Å². The van der Waals surface area contributed by atoms with Gasteiger partial charge >= 0.3 is 5.97 Å². The summed E-state index contributed by atoms with van der Waals surface area (Å²) in [5.74, 6) is 0.777. The summed E-state index contributed by atoms with van der Waals surface area (Å²) in [6.45, 7) is 3.33. The number of aromatic nitrogens is 1. The van der Waals surface area contributed by atoms with Crippen LogP contribution in [0.25, 0.3) is 10.8 Å². The van der Waals surface area contributed by atoms with E-state index in [-0.39, 0.29) is 11.4 Å². The molecule has 1 N–H and O–H groups in total. The maximum atomic E-state index is 13.5. The van der Waals surface area contributed by atoms with Crippen LogP contribution in [0.15, 0.2) is 76.0 Å². The van der Waals surface area contributed by atoms with Crippen LogP contribution in [0.4, 0.5) is 0 Å². The van der Waals surface area contributed by atoms with E-state index >= 15 is 0 Å². The molecule has 1 aromatic heterocycles. The Kier molecular flexibility index (Phi) is 7.18. The second kappa shape index (κ2) is 10.3. The highest BCUT2D eigenvalue weighted by atomic mass is 32.2. The fraction of sp³-hybridized carbons (Fsp3) is 0.231. The van der Waals surface area contributed by atoms with Crippen LogP contribution in [0.2, 0.25) is 0 Å². The van der Waals surface area contributed by atoms with Crippen molar-refractivity contribution in [1.29, 1.82) is 0 Å². The number of aryl methyl sites for hydroxylation is 2. The number of ether oxygens (including phenoxy) is 1. The number of carboxylic acid groups (broad SMARTS) is 1. The number of nitrogens with zero attached hydrogens (tertiary/aromatic N) is 2. The predicted octanol–water partition coefficient (Wildman–Crippen LogP) is 4.34. The molecule has 3 aromatic carbocycles. The van der Waals surface area contributed by atoms with Crippen LogP contribution in [-0.4, -0.2) is 41.9 Å². The Morgan fingerprint density at radius 2 is 1.74 bits per heavy atom. The summed E-state index contributed by atoms with van der Waals surface area (Å²) in [6, 6.07) is 19.0. The van der Waals surface area contributed by atoms with E-state index in [2.05, 4.69) is 4.98 Å². The Morgan fingerprint density at radius 1 is 1.03 bits per heavy atom. The topological polar surface area (TPSA) is 110 Å². The van der Waals surface area contributed by atoms with Gasteiger partial charge in [-0.15, -0.1) is 0 Å². The third kappa shape index (κ3) is 5.70. The highest BCUT2D eigenvalue weighted by Gasteiger charge is 2.28. The summed E-state index contributed by atoms with van der Waals surface area (Å²) < 4.78 is 39.1. The minimum Gasteiger partial charge on any atom is -0.493 e. The van der Waals surface area contributed by atoms with Gasteiger partial charge in [0.2, 0.25) is 10.0 Å². The first-order chi connectivity index (χ1) is 16.7. The van der Waals surface area contributed by atoms with E-state index in [9.17, 15) is 18.3 Å². The Hall–Kier alpha value is -3.69. The average Bonchev–Trinajstić information content (AvgIpc) is 3.15. The molecule has 35 heavy (non-hydrogen) atoms. The van der Waals surface area contributed by atoms with E-state index in [1.165, 1.54) is 6.07 Å². The van der Waals surface area contributed by atoms with Gasteiger partial charge in [0, 0.05) is 25.3 Å². The molecule has 4 aromatic rings. The smallest absolute Gasteiger partial charge is 0.318 e. The maximum absolute atomic E-state index is 13.5.